The molecule has 0 bridgehead atoms. The number of methoxy groups -OCH3 is 1. The van der Waals surface area contributed by atoms with E-state index in [1.165, 1.54) is 40.5 Å². The molecule has 3 rings (SSSR count). The number of rotatable bonds is 9. The van der Waals surface area contributed by atoms with E-state index in [1.54, 1.807) is 14.0 Å². The number of nitrogens with zero attached hydrogens (tertiary/aromatic N) is 4. The summed E-state index contributed by atoms with van der Waals surface area (Å²) in [5.74, 6) is -0.631. The molecule has 0 aliphatic heterocycles. The highest BCUT2D eigenvalue weighted by Gasteiger charge is 2.22. The minimum atomic E-state index is -0.613. The Bertz CT molecular complexity index is 1110. The van der Waals surface area contributed by atoms with Gasteiger partial charge in [-0.15, -0.1) is 10.2 Å². The number of carbonyl (C=O) groups is 3. The van der Waals surface area contributed by atoms with E-state index in [-0.39, 0.29) is 30.1 Å². The molecule has 2 heterocycles. The normalized spacial score (nSPS) is 10.6. The van der Waals surface area contributed by atoms with E-state index in [1.807, 2.05) is 30.3 Å². The number of aryl methyl sites for hydroxylation is 2. The van der Waals surface area contributed by atoms with Crippen LogP contribution in [-0.4, -0.2) is 44.9 Å². The van der Waals surface area contributed by atoms with Gasteiger partial charge in [-0.2, -0.15) is 5.10 Å². The Balaban J connectivity index is 1.48. The first-order valence-corrected chi connectivity index (χ1v) is 11.4. The number of aromatic nitrogens is 4. The van der Waals surface area contributed by atoms with Crippen LogP contribution in [-0.2, 0) is 27.1 Å². The molecule has 10 nitrogen and oxygen atoms in total. The van der Waals surface area contributed by atoms with Crippen LogP contribution >= 0.6 is 23.1 Å². The van der Waals surface area contributed by atoms with Gasteiger partial charge < -0.3 is 15.4 Å². The maximum atomic E-state index is 12.3. The van der Waals surface area contributed by atoms with Gasteiger partial charge in [-0.1, -0.05) is 53.4 Å². The molecule has 168 valence electrons. The van der Waals surface area contributed by atoms with Crippen molar-refractivity contribution in [2.75, 3.05) is 17.7 Å². The lowest BCUT2D eigenvalue weighted by molar-refractivity contribution is -0.121. The third-order valence-electron chi connectivity index (χ3n) is 4.30. The summed E-state index contributed by atoms with van der Waals surface area (Å²) in [6.45, 7) is 1.66. The van der Waals surface area contributed by atoms with Crippen molar-refractivity contribution in [3.8, 4) is 0 Å². The largest absolute Gasteiger partial charge is 0.464 e. The van der Waals surface area contributed by atoms with Gasteiger partial charge in [0.2, 0.25) is 16.9 Å². The van der Waals surface area contributed by atoms with Gasteiger partial charge in [0.1, 0.15) is 0 Å². The number of anilines is 2. The number of benzene rings is 1. The number of hydrogen-bond donors (Lipinski definition) is 2. The van der Waals surface area contributed by atoms with Crippen LogP contribution in [0.2, 0.25) is 0 Å². The van der Waals surface area contributed by atoms with Gasteiger partial charge in [0.15, 0.2) is 10.0 Å². The molecule has 0 aliphatic rings. The summed E-state index contributed by atoms with van der Waals surface area (Å²) >= 11 is 2.81. The highest BCUT2D eigenvalue weighted by molar-refractivity contribution is 8.00. The molecule has 0 radical (unpaired) electrons. The summed E-state index contributed by atoms with van der Waals surface area (Å²) in [6.07, 6.45) is -0.125. The quantitative estimate of drug-likeness (QED) is 0.275. The zero-order valence-electron chi connectivity index (χ0n) is 17.7. The smallest absolute Gasteiger partial charge is 0.358 e. The molecule has 0 spiro atoms. The van der Waals surface area contributed by atoms with Gasteiger partial charge in [-0.05, 0) is 12.5 Å². The second-order valence-corrected chi connectivity index (χ2v) is 8.87. The van der Waals surface area contributed by atoms with Crippen molar-refractivity contribution in [2.45, 2.75) is 29.9 Å². The van der Waals surface area contributed by atoms with Gasteiger partial charge in [0.25, 0.3) is 0 Å². The topological polar surface area (TPSA) is 128 Å². The Morgan fingerprint density at radius 2 is 1.78 bits per heavy atom. The molecule has 0 unspecified atom stereocenters. The highest BCUT2D eigenvalue weighted by Crippen LogP contribution is 2.28. The summed E-state index contributed by atoms with van der Waals surface area (Å²) in [5.41, 5.74) is 2.05. The van der Waals surface area contributed by atoms with Crippen LogP contribution in [0.15, 0.2) is 34.7 Å². The van der Waals surface area contributed by atoms with Gasteiger partial charge in [0.05, 0.1) is 18.5 Å². The van der Waals surface area contributed by atoms with Crippen molar-refractivity contribution in [3.63, 3.8) is 0 Å². The Hall–Kier alpha value is -3.25. The average molecular weight is 475 g/mol. The average Bonchev–Trinajstić information content (AvgIpc) is 3.34. The van der Waals surface area contributed by atoms with E-state index in [4.69, 9.17) is 4.74 Å². The molecule has 2 amide bonds. The molecule has 2 N–H and O–H groups in total. The van der Waals surface area contributed by atoms with Crippen molar-refractivity contribution >= 4 is 51.7 Å². The van der Waals surface area contributed by atoms with Gasteiger partial charge in [-0.25, -0.2) is 4.79 Å². The van der Waals surface area contributed by atoms with Gasteiger partial charge in [0, 0.05) is 25.6 Å². The van der Waals surface area contributed by atoms with Gasteiger partial charge >= 0.3 is 5.97 Å². The Labute approximate surface area is 192 Å². The SMILES string of the molecule is COC(=O)c1c(NC(=O)CCC(=O)Nc2nnc(SCc3ccccc3)s2)c(C)nn1C. The first-order valence-electron chi connectivity index (χ1n) is 9.59. The van der Waals surface area contributed by atoms with Crippen LogP contribution < -0.4 is 10.6 Å². The Kier molecular flexibility index (Phi) is 7.95. The number of thioether (sulfide) groups is 1. The number of hydrogen-bond acceptors (Lipinski definition) is 9. The lowest BCUT2D eigenvalue weighted by Gasteiger charge is -2.07. The molecule has 0 fully saturated rings. The van der Waals surface area contributed by atoms with E-state index in [9.17, 15) is 14.4 Å². The zero-order chi connectivity index (χ0) is 23.1. The molecule has 0 saturated carbocycles. The molecule has 12 heteroatoms. The lowest BCUT2D eigenvalue weighted by atomic mass is 10.2. The van der Waals surface area contributed by atoms with E-state index < -0.39 is 11.9 Å². The predicted molar refractivity (Wildman–Crippen MR) is 122 cm³/mol. The minimum Gasteiger partial charge on any atom is -0.464 e. The van der Waals surface area contributed by atoms with Crippen LogP contribution in [0.3, 0.4) is 0 Å². The van der Waals surface area contributed by atoms with Crippen molar-refractivity contribution in [2.24, 2.45) is 7.05 Å². The molecule has 0 aliphatic carbocycles. The van der Waals surface area contributed by atoms with Crippen molar-refractivity contribution in [3.05, 3.63) is 47.3 Å². The molecule has 2 aromatic heterocycles. The Morgan fingerprint density at radius 3 is 2.47 bits per heavy atom. The fourth-order valence-corrected chi connectivity index (χ4v) is 4.51. The minimum absolute atomic E-state index is 0.0508. The number of ether oxygens (including phenoxy) is 1. The summed E-state index contributed by atoms with van der Waals surface area (Å²) < 4.78 is 6.81. The van der Waals surface area contributed by atoms with Gasteiger partial charge in [-0.3, -0.25) is 14.3 Å². The molecular weight excluding hydrogens is 452 g/mol. The van der Waals surface area contributed by atoms with Crippen molar-refractivity contribution < 1.29 is 19.1 Å². The van der Waals surface area contributed by atoms with Crippen LogP contribution in [0.1, 0.15) is 34.6 Å². The fourth-order valence-electron chi connectivity index (χ4n) is 2.79. The fraction of sp³-hybridized carbons (Fsp3) is 0.300. The van der Waals surface area contributed by atoms with Crippen LogP contribution in [0.5, 0.6) is 0 Å². The van der Waals surface area contributed by atoms with Crippen molar-refractivity contribution in [1.29, 1.82) is 0 Å². The third-order valence-corrected chi connectivity index (χ3v) is 6.35. The molecule has 0 atom stereocenters. The second kappa shape index (κ2) is 10.9. The summed E-state index contributed by atoms with van der Waals surface area (Å²) in [6, 6.07) is 9.97. The molecule has 32 heavy (non-hydrogen) atoms. The predicted octanol–water partition coefficient (Wildman–Crippen LogP) is 3.02. The first-order chi connectivity index (χ1) is 15.4. The molecular formula is C20H22N6O4S2. The molecule has 1 aromatic carbocycles. The summed E-state index contributed by atoms with van der Waals surface area (Å²) in [5, 5.41) is 17.8. The number of nitrogens with one attached hydrogen (secondary N) is 2. The highest BCUT2D eigenvalue weighted by atomic mass is 32.2. The summed E-state index contributed by atoms with van der Waals surface area (Å²) in [4.78, 5) is 36.4. The van der Waals surface area contributed by atoms with Crippen LogP contribution in [0, 0.1) is 6.92 Å². The maximum Gasteiger partial charge on any atom is 0.358 e. The van der Waals surface area contributed by atoms with Crippen molar-refractivity contribution in [1.82, 2.24) is 20.0 Å². The first kappa shape index (κ1) is 23.4. The van der Waals surface area contributed by atoms with E-state index in [0.717, 1.165) is 10.1 Å². The maximum absolute atomic E-state index is 12.3. The lowest BCUT2D eigenvalue weighted by Crippen LogP contribution is -2.19. The van der Waals surface area contributed by atoms with Crippen LogP contribution in [0.25, 0.3) is 0 Å². The molecule has 0 saturated heterocycles. The standard InChI is InChI=1S/C20H22N6O4S2/c1-12-16(17(18(29)30-3)26(2)25-12)21-14(27)9-10-15(28)22-19-23-24-20(32-19)31-11-13-7-5-4-6-8-13/h4-8H,9-11H2,1-3H3,(H,21,27)(H,22,23,28). The van der Waals surface area contributed by atoms with Crippen LogP contribution in [0.4, 0.5) is 10.8 Å². The third kappa shape index (κ3) is 6.14. The van der Waals surface area contributed by atoms with E-state index in [0.29, 0.717) is 10.8 Å². The number of carbonyl (C=O) groups excluding carboxylic acids is 3. The zero-order valence-corrected chi connectivity index (χ0v) is 19.4. The van der Waals surface area contributed by atoms with E-state index in [2.05, 4.69) is 25.9 Å². The number of esters is 1. The molecule has 3 aromatic rings. The monoisotopic (exact) mass is 474 g/mol. The second-order valence-electron chi connectivity index (χ2n) is 6.67. The summed E-state index contributed by atoms with van der Waals surface area (Å²) in [7, 11) is 2.83. The van der Waals surface area contributed by atoms with E-state index >= 15 is 0 Å². The Morgan fingerprint density at radius 1 is 1.09 bits per heavy atom. The number of amides is 2.